The molecule has 0 atom stereocenters. The van der Waals surface area contributed by atoms with Crippen molar-refractivity contribution in [3.05, 3.63) is 120 Å². The Labute approximate surface area is 183 Å². The molecule has 3 aromatic rings. The van der Waals surface area contributed by atoms with Gasteiger partial charge < -0.3 is 15.1 Å². The minimum absolute atomic E-state index is 0.225. The first-order chi connectivity index (χ1) is 15.2. The molecule has 154 valence electrons. The normalized spacial score (nSPS) is 13.6. The van der Waals surface area contributed by atoms with Crippen LogP contribution in [0, 0.1) is 0 Å². The number of allylic oxidation sites excluding steroid dienone is 7. The third-order valence-corrected chi connectivity index (χ3v) is 5.12. The minimum atomic E-state index is 0.225. The minimum Gasteiger partial charge on any atom is -0.508 e. The maximum atomic E-state index is 9.67. The summed E-state index contributed by atoms with van der Waals surface area (Å²) in [5.41, 5.74) is 5.29. The Morgan fingerprint density at radius 1 is 0.645 bits per heavy atom. The first kappa shape index (κ1) is 20.3. The highest BCUT2D eigenvalue weighted by Crippen LogP contribution is 2.35. The molecule has 3 nitrogen and oxygen atoms in total. The monoisotopic (exact) mass is 407 g/mol. The summed E-state index contributed by atoms with van der Waals surface area (Å²) in [6.07, 6.45) is 17.1. The van der Waals surface area contributed by atoms with E-state index in [1.807, 2.05) is 24.3 Å². The summed E-state index contributed by atoms with van der Waals surface area (Å²) in [5, 5.41) is 19.3. The summed E-state index contributed by atoms with van der Waals surface area (Å²) in [7, 11) is 0. The molecule has 0 amide bonds. The van der Waals surface area contributed by atoms with Crippen molar-refractivity contribution in [2.75, 3.05) is 4.90 Å². The average Bonchev–Trinajstić information content (AvgIpc) is 2.81. The summed E-state index contributed by atoms with van der Waals surface area (Å²) in [6.45, 7) is 0. The van der Waals surface area contributed by atoms with Gasteiger partial charge in [-0.1, -0.05) is 54.7 Å². The molecule has 1 aliphatic rings. The van der Waals surface area contributed by atoms with Crippen LogP contribution >= 0.6 is 0 Å². The summed E-state index contributed by atoms with van der Waals surface area (Å²) in [5.74, 6) is 0.450. The van der Waals surface area contributed by atoms with E-state index in [0.717, 1.165) is 35.5 Å². The van der Waals surface area contributed by atoms with Crippen LogP contribution in [0.2, 0.25) is 0 Å². The van der Waals surface area contributed by atoms with Crippen molar-refractivity contribution in [1.29, 1.82) is 0 Å². The molecule has 0 heterocycles. The zero-order chi connectivity index (χ0) is 21.5. The fraction of sp³-hybridized carbons (Fsp3) is 0.0714. The second-order valence-electron chi connectivity index (χ2n) is 7.39. The highest BCUT2D eigenvalue weighted by Gasteiger charge is 2.12. The molecule has 0 unspecified atom stereocenters. The molecule has 31 heavy (non-hydrogen) atoms. The Morgan fingerprint density at radius 2 is 1.16 bits per heavy atom. The lowest BCUT2D eigenvalue weighted by molar-refractivity contribution is 0.475. The van der Waals surface area contributed by atoms with E-state index in [0.29, 0.717) is 0 Å². The molecule has 0 saturated carbocycles. The van der Waals surface area contributed by atoms with Crippen LogP contribution in [0.4, 0.5) is 17.1 Å². The first-order valence-electron chi connectivity index (χ1n) is 10.4. The van der Waals surface area contributed by atoms with Gasteiger partial charge in [-0.25, -0.2) is 0 Å². The van der Waals surface area contributed by atoms with Crippen LogP contribution in [0.5, 0.6) is 11.5 Å². The van der Waals surface area contributed by atoms with Crippen LogP contribution in [-0.2, 0) is 0 Å². The van der Waals surface area contributed by atoms with Crippen LogP contribution in [0.3, 0.4) is 0 Å². The van der Waals surface area contributed by atoms with Gasteiger partial charge in [-0.2, -0.15) is 0 Å². The smallest absolute Gasteiger partial charge is 0.115 e. The molecule has 4 rings (SSSR count). The van der Waals surface area contributed by atoms with Gasteiger partial charge in [0.25, 0.3) is 0 Å². The van der Waals surface area contributed by atoms with Crippen molar-refractivity contribution in [2.45, 2.75) is 12.8 Å². The topological polar surface area (TPSA) is 43.7 Å². The van der Waals surface area contributed by atoms with Crippen LogP contribution < -0.4 is 4.90 Å². The van der Waals surface area contributed by atoms with E-state index in [-0.39, 0.29) is 11.5 Å². The second kappa shape index (κ2) is 9.68. The molecule has 0 saturated heterocycles. The van der Waals surface area contributed by atoms with Crippen molar-refractivity contribution in [3.63, 3.8) is 0 Å². The van der Waals surface area contributed by atoms with Gasteiger partial charge in [0.1, 0.15) is 11.5 Å². The summed E-state index contributed by atoms with van der Waals surface area (Å²) in [4.78, 5) is 2.08. The van der Waals surface area contributed by atoms with E-state index in [9.17, 15) is 10.2 Å². The maximum Gasteiger partial charge on any atom is 0.115 e. The highest BCUT2D eigenvalue weighted by molar-refractivity contribution is 5.77. The molecule has 0 aromatic heterocycles. The molecular formula is C28H25NO2. The van der Waals surface area contributed by atoms with Crippen molar-refractivity contribution >= 4 is 23.1 Å². The van der Waals surface area contributed by atoms with Crippen molar-refractivity contribution in [1.82, 2.24) is 0 Å². The Balaban J connectivity index is 1.56. The van der Waals surface area contributed by atoms with E-state index in [2.05, 4.69) is 71.7 Å². The fourth-order valence-electron chi connectivity index (χ4n) is 3.49. The maximum absolute atomic E-state index is 9.67. The predicted octanol–water partition coefficient (Wildman–Crippen LogP) is 7.41. The first-order valence-corrected chi connectivity index (χ1v) is 10.4. The van der Waals surface area contributed by atoms with Gasteiger partial charge >= 0.3 is 0 Å². The van der Waals surface area contributed by atoms with Crippen molar-refractivity contribution < 1.29 is 10.2 Å². The molecule has 3 aromatic carbocycles. The van der Waals surface area contributed by atoms with Crippen molar-refractivity contribution in [2.24, 2.45) is 0 Å². The zero-order valence-corrected chi connectivity index (χ0v) is 17.2. The van der Waals surface area contributed by atoms with Gasteiger partial charge in [-0.15, -0.1) is 0 Å². The zero-order valence-electron chi connectivity index (χ0n) is 17.2. The number of hydrogen-bond acceptors (Lipinski definition) is 3. The van der Waals surface area contributed by atoms with Crippen LogP contribution in [0.25, 0.3) is 6.08 Å². The van der Waals surface area contributed by atoms with Crippen molar-refractivity contribution in [3.8, 4) is 11.5 Å². The number of rotatable bonds is 6. The number of benzene rings is 3. The number of phenolic OH excluding ortho intramolecular Hbond substituents is 2. The molecule has 0 bridgehead atoms. The van der Waals surface area contributed by atoms with Gasteiger partial charge in [0.05, 0.1) is 0 Å². The predicted molar refractivity (Wildman–Crippen MR) is 129 cm³/mol. The lowest BCUT2D eigenvalue weighted by atomic mass is 10.0. The molecule has 0 aliphatic heterocycles. The van der Waals surface area contributed by atoms with E-state index < -0.39 is 0 Å². The van der Waals surface area contributed by atoms with Gasteiger partial charge in [0.2, 0.25) is 0 Å². The Morgan fingerprint density at radius 3 is 1.68 bits per heavy atom. The van der Waals surface area contributed by atoms with E-state index >= 15 is 0 Å². The lowest BCUT2D eigenvalue weighted by Gasteiger charge is -2.25. The van der Waals surface area contributed by atoms with Crippen LogP contribution in [0.15, 0.2) is 115 Å². The largest absolute Gasteiger partial charge is 0.508 e. The summed E-state index contributed by atoms with van der Waals surface area (Å²) < 4.78 is 0. The number of nitrogens with zero attached hydrogens (tertiary/aromatic N) is 1. The van der Waals surface area contributed by atoms with Gasteiger partial charge in [-0.05, 0) is 84.6 Å². The Kier molecular flexibility index (Phi) is 6.34. The van der Waals surface area contributed by atoms with Gasteiger partial charge in [0, 0.05) is 17.1 Å². The fourth-order valence-corrected chi connectivity index (χ4v) is 3.49. The molecular weight excluding hydrogens is 382 g/mol. The Hall–Kier alpha value is -3.98. The molecule has 1 aliphatic carbocycles. The highest BCUT2D eigenvalue weighted by atomic mass is 16.3. The number of phenols is 2. The van der Waals surface area contributed by atoms with Crippen LogP contribution in [-0.4, -0.2) is 10.2 Å². The molecule has 2 N–H and O–H groups in total. The number of anilines is 3. The molecule has 0 spiro atoms. The number of aromatic hydroxyl groups is 2. The quantitative estimate of drug-likeness (QED) is 0.418. The summed E-state index contributed by atoms with van der Waals surface area (Å²) >= 11 is 0. The molecule has 0 radical (unpaired) electrons. The second-order valence-corrected chi connectivity index (χ2v) is 7.39. The van der Waals surface area contributed by atoms with Gasteiger partial charge in [-0.3, -0.25) is 0 Å². The lowest BCUT2D eigenvalue weighted by Crippen LogP contribution is -2.09. The molecule has 3 heteroatoms. The van der Waals surface area contributed by atoms with E-state index in [4.69, 9.17) is 0 Å². The van der Waals surface area contributed by atoms with E-state index in [1.165, 1.54) is 5.57 Å². The van der Waals surface area contributed by atoms with Crippen LogP contribution in [0.1, 0.15) is 18.4 Å². The van der Waals surface area contributed by atoms with Gasteiger partial charge in [0.15, 0.2) is 0 Å². The third-order valence-electron chi connectivity index (χ3n) is 5.12. The number of hydrogen-bond donors (Lipinski definition) is 2. The van der Waals surface area contributed by atoms with E-state index in [1.54, 1.807) is 24.3 Å². The molecule has 0 fully saturated rings. The Bertz CT molecular complexity index is 1070. The SMILES string of the molecule is Oc1ccc(N(c2ccc(O)cc2)c2ccc(/C=C/C=C/C3=CC=CCC3)cc2)cc1. The average molecular weight is 408 g/mol. The standard InChI is InChI=1S/C28H25NO2/c30-27-18-14-25(15-19-27)29(26-16-20-28(31)21-17-26)24-12-10-23(11-13-24)9-5-4-8-22-6-2-1-3-7-22/h1-2,4-6,8-21,30-31H,3,7H2/b8-4+,9-5+. The third kappa shape index (κ3) is 5.34. The summed E-state index contributed by atoms with van der Waals surface area (Å²) in [6, 6.07) is 22.5.